The molecule has 16 heavy (non-hydrogen) atoms. The molecule has 0 bridgehead atoms. The van der Waals surface area contributed by atoms with Crippen LogP contribution >= 0.6 is 11.8 Å². The lowest BCUT2D eigenvalue weighted by atomic mass is 10.3. The van der Waals surface area contributed by atoms with Crippen molar-refractivity contribution in [1.29, 1.82) is 0 Å². The van der Waals surface area contributed by atoms with Gasteiger partial charge in [0.05, 0.1) is 19.3 Å². The molecule has 0 aromatic carbocycles. The van der Waals surface area contributed by atoms with Crippen molar-refractivity contribution in [2.45, 2.75) is 32.1 Å². The van der Waals surface area contributed by atoms with Crippen LogP contribution in [-0.2, 0) is 6.54 Å². The number of hydrogen-bond donors (Lipinski definition) is 1. The summed E-state index contributed by atoms with van der Waals surface area (Å²) in [6.45, 7) is 7.01. The second-order valence-electron chi connectivity index (χ2n) is 4.00. The smallest absolute Gasteiger partial charge is 0.156 e. The highest BCUT2D eigenvalue weighted by atomic mass is 32.2. The van der Waals surface area contributed by atoms with Crippen molar-refractivity contribution in [3.63, 3.8) is 0 Å². The molecule has 0 fully saturated rings. The third kappa shape index (κ3) is 3.01. The Kier molecular flexibility index (Phi) is 3.88. The molecule has 2 rings (SSSR count). The van der Waals surface area contributed by atoms with Crippen LogP contribution in [0.15, 0.2) is 17.4 Å². The summed E-state index contributed by atoms with van der Waals surface area (Å²) < 4.78 is 1.96. The van der Waals surface area contributed by atoms with Gasteiger partial charge in [-0.3, -0.25) is 9.67 Å². The van der Waals surface area contributed by atoms with E-state index in [4.69, 9.17) is 0 Å². The van der Waals surface area contributed by atoms with Crippen molar-refractivity contribution in [3.05, 3.63) is 18.0 Å². The molecule has 0 amide bonds. The predicted octanol–water partition coefficient (Wildman–Crippen LogP) is 1.66. The summed E-state index contributed by atoms with van der Waals surface area (Å²) in [6, 6.07) is 0. The molecule has 5 heteroatoms. The fourth-order valence-corrected chi connectivity index (χ4v) is 2.56. The Morgan fingerprint density at radius 1 is 1.62 bits per heavy atom. The van der Waals surface area contributed by atoms with Gasteiger partial charge in [-0.2, -0.15) is 5.10 Å². The maximum absolute atomic E-state index is 4.46. The summed E-state index contributed by atoms with van der Waals surface area (Å²) in [5.41, 5.74) is 1.21. The third-order valence-corrected chi connectivity index (χ3v) is 3.86. The maximum Gasteiger partial charge on any atom is 0.156 e. The lowest BCUT2D eigenvalue weighted by Gasteiger charge is -2.06. The highest BCUT2D eigenvalue weighted by Gasteiger charge is 2.16. The van der Waals surface area contributed by atoms with Crippen molar-refractivity contribution in [1.82, 2.24) is 15.1 Å². The Morgan fingerprint density at radius 3 is 3.12 bits per heavy atom. The normalized spacial score (nSPS) is 19.9. The lowest BCUT2D eigenvalue weighted by molar-refractivity contribution is 0.604. The van der Waals surface area contributed by atoms with E-state index in [1.165, 1.54) is 12.0 Å². The average Bonchev–Trinajstić information content (AvgIpc) is 2.88. The lowest BCUT2D eigenvalue weighted by Crippen LogP contribution is -2.24. The van der Waals surface area contributed by atoms with Crippen molar-refractivity contribution in [2.75, 3.05) is 13.1 Å². The number of aryl methyl sites for hydroxylation is 1. The topological polar surface area (TPSA) is 42.2 Å². The molecule has 0 aliphatic carbocycles. The maximum atomic E-state index is 4.46. The van der Waals surface area contributed by atoms with E-state index in [0.29, 0.717) is 5.25 Å². The number of nitrogens with zero attached hydrogens (tertiary/aromatic N) is 3. The molecule has 1 aliphatic rings. The zero-order valence-corrected chi connectivity index (χ0v) is 10.6. The summed E-state index contributed by atoms with van der Waals surface area (Å²) in [5, 5.41) is 9.37. The van der Waals surface area contributed by atoms with Gasteiger partial charge >= 0.3 is 0 Å². The van der Waals surface area contributed by atoms with Gasteiger partial charge in [-0.1, -0.05) is 18.7 Å². The fourth-order valence-electron chi connectivity index (χ4n) is 1.59. The Labute approximate surface area is 101 Å². The molecule has 0 saturated carbocycles. The summed E-state index contributed by atoms with van der Waals surface area (Å²) in [4.78, 5) is 4.46. The van der Waals surface area contributed by atoms with Crippen LogP contribution in [0.1, 0.15) is 18.9 Å². The zero-order chi connectivity index (χ0) is 11.4. The zero-order valence-electron chi connectivity index (χ0n) is 9.81. The first-order valence-corrected chi connectivity index (χ1v) is 6.60. The Balaban J connectivity index is 1.69. The molecular weight excluding hydrogens is 220 g/mol. The Hall–Kier alpha value is -0.970. The Bertz CT molecular complexity index is 372. The van der Waals surface area contributed by atoms with E-state index in [0.717, 1.165) is 24.8 Å². The van der Waals surface area contributed by atoms with Crippen LogP contribution in [0.25, 0.3) is 0 Å². The number of hydrogen-bond acceptors (Lipinski definition) is 4. The molecule has 0 saturated heterocycles. The number of nitrogens with one attached hydrogen (secondary N) is 1. The number of thioether (sulfide) groups is 1. The predicted molar refractivity (Wildman–Crippen MR) is 68.9 cm³/mol. The van der Waals surface area contributed by atoms with Crippen molar-refractivity contribution < 1.29 is 0 Å². The molecule has 88 valence electrons. The van der Waals surface area contributed by atoms with Crippen LogP contribution in [0, 0.1) is 6.92 Å². The first-order valence-electron chi connectivity index (χ1n) is 5.72. The monoisotopic (exact) mass is 238 g/mol. The summed E-state index contributed by atoms with van der Waals surface area (Å²) in [7, 11) is 0. The van der Waals surface area contributed by atoms with Gasteiger partial charge in [-0.05, 0) is 18.9 Å². The van der Waals surface area contributed by atoms with Gasteiger partial charge in [0, 0.05) is 18.0 Å². The molecule has 1 aromatic rings. The molecule has 1 unspecified atom stereocenters. The average molecular weight is 238 g/mol. The second kappa shape index (κ2) is 5.39. The summed E-state index contributed by atoms with van der Waals surface area (Å²) in [5.74, 6) is 0. The van der Waals surface area contributed by atoms with Crippen molar-refractivity contribution in [3.8, 4) is 0 Å². The Morgan fingerprint density at radius 2 is 2.50 bits per heavy atom. The molecule has 0 radical (unpaired) electrons. The highest BCUT2D eigenvalue weighted by molar-refractivity contribution is 8.14. The van der Waals surface area contributed by atoms with Gasteiger partial charge in [-0.25, -0.2) is 0 Å². The van der Waals surface area contributed by atoms with Crippen molar-refractivity contribution >= 4 is 16.9 Å². The number of amidine groups is 1. The first kappa shape index (κ1) is 11.5. The van der Waals surface area contributed by atoms with E-state index in [-0.39, 0.29) is 0 Å². The van der Waals surface area contributed by atoms with Crippen molar-refractivity contribution in [2.24, 2.45) is 4.99 Å². The minimum absolute atomic E-state index is 0.675. The molecule has 4 nitrogen and oxygen atoms in total. The molecule has 0 spiro atoms. The van der Waals surface area contributed by atoms with Crippen LogP contribution in [0.4, 0.5) is 0 Å². The van der Waals surface area contributed by atoms with E-state index < -0.39 is 0 Å². The SMILES string of the molecule is CCC1CN=C(NCCn2cc(C)cn2)S1. The molecular formula is C11H18N4S. The largest absolute Gasteiger partial charge is 0.363 e. The second-order valence-corrected chi connectivity index (χ2v) is 5.29. The molecule has 2 heterocycles. The van der Waals surface area contributed by atoms with Crippen LogP contribution < -0.4 is 5.32 Å². The molecule has 1 N–H and O–H groups in total. The minimum Gasteiger partial charge on any atom is -0.363 e. The van der Waals surface area contributed by atoms with E-state index in [2.05, 4.69) is 35.5 Å². The van der Waals surface area contributed by atoms with Crippen LogP contribution in [0.3, 0.4) is 0 Å². The van der Waals surface area contributed by atoms with E-state index in [9.17, 15) is 0 Å². The number of aromatic nitrogens is 2. The van der Waals surface area contributed by atoms with Crippen LogP contribution in [0.5, 0.6) is 0 Å². The summed E-state index contributed by atoms with van der Waals surface area (Å²) in [6.07, 6.45) is 5.13. The van der Waals surface area contributed by atoms with Crippen LogP contribution in [0.2, 0.25) is 0 Å². The highest BCUT2D eigenvalue weighted by Crippen LogP contribution is 2.21. The van der Waals surface area contributed by atoms with Gasteiger partial charge in [0.25, 0.3) is 0 Å². The first-order chi connectivity index (χ1) is 7.78. The quantitative estimate of drug-likeness (QED) is 0.867. The third-order valence-electron chi connectivity index (χ3n) is 2.55. The summed E-state index contributed by atoms with van der Waals surface area (Å²) >= 11 is 1.86. The van der Waals surface area contributed by atoms with Gasteiger partial charge in [0.1, 0.15) is 0 Å². The van der Waals surface area contributed by atoms with E-state index in [1.54, 1.807) is 0 Å². The molecule has 1 aromatic heterocycles. The fraction of sp³-hybridized carbons (Fsp3) is 0.636. The minimum atomic E-state index is 0.675. The number of aliphatic imine (C=N–C) groups is 1. The number of rotatable bonds is 4. The van der Waals surface area contributed by atoms with Gasteiger partial charge in [-0.15, -0.1) is 0 Å². The molecule has 1 aliphatic heterocycles. The van der Waals surface area contributed by atoms with Gasteiger partial charge in [0.15, 0.2) is 5.17 Å². The van der Waals surface area contributed by atoms with Gasteiger partial charge in [0.2, 0.25) is 0 Å². The van der Waals surface area contributed by atoms with E-state index in [1.807, 2.05) is 22.6 Å². The van der Waals surface area contributed by atoms with Crippen LogP contribution in [-0.4, -0.2) is 33.3 Å². The molecule has 1 atom stereocenters. The standard InChI is InChI=1S/C11H18N4S/c1-3-10-7-13-11(16-10)12-4-5-15-8-9(2)6-14-15/h6,8,10H,3-5,7H2,1-2H3,(H,12,13). The van der Waals surface area contributed by atoms with E-state index >= 15 is 0 Å². The van der Waals surface area contributed by atoms with Gasteiger partial charge < -0.3 is 5.32 Å².